The molecule has 0 aliphatic rings. The van der Waals surface area contributed by atoms with Crippen molar-refractivity contribution in [2.45, 2.75) is 26.0 Å². The maximum atomic E-state index is 5.44. The number of ether oxygens (including phenoxy) is 1. The van der Waals surface area contributed by atoms with Gasteiger partial charge in [0, 0.05) is 11.3 Å². The van der Waals surface area contributed by atoms with Crippen molar-refractivity contribution in [3.63, 3.8) is 0 Å². The molecule has 1 unspecified atom stereocenters. The van der Waals surface area contributed by atoms with Crippen LogP contribution < -0.4 is 10.5 Å². The largest absolute Gasteiger partial charge is 0.497 e. The molecule has 0 aliphatic carbocycles. The van der Waals surface area contributed by atoms with E-state index in [1.165, 1.54) is 17.7 Å². The van der Waals surface area contributed by atoms with Gasteiger partial charge in [-0.3, -0.25) is 0 Å². The standard InChI is InChI=1S/C16H23NOS/c1-4-13(2)11-19-12-15-10-16(18-3)8-7-14(15)6-5-9-17/h7-8,10,13H,4,9,11-12,17H2,1-3H3. The molecule has 2 nitrogen and oxygen atoms in total. The quantitative estimate of drug-likeness (QED) is 0.810. The molecule has 1 aromatic carbocycles. The van der Waals surface area contributed by atoms with Crippen molar-refractivity contribution in [1.29, 1.82) is 0 Å². The molecule has 0 saturated carbocycles. The Morgan fingerprint density at radius 3 is 2.84 bits per heavy atom. The summed E-state index contributed by atoms with van der Waals surface area (Å²) in [6, 6.07) is 6.04. The van der Waals surface area contributed by atoms with Gasteiger partial charge in [0.15, 0.2) is 0 Å². The molecule has 104 valence electrons. The Hall–Kier alpha value is -1.11. The van der Waals surface area contributed by atoms with Gasteiger partial charge < -0.3 is 10.5 Å². The van der Waals surface area contributed by atoms with E-state index in [2.05, 4.69) is 31.8 Å². The van der Waals surface area contributed by atoms with Gasteiger partial charge >= 0.3 is 0 Å². The fraction of sp³-hybridized carbons (Fsp3) is 0.500. The normalized spacial score (nSPS) is 11.6. The average molecular weight is 277 g/mol. The highest BCUT2D eigenvalue weighted by molar-refractivity contribution is 7.98. The third kappa shape index (κ3) is 5.59. The van der Waals surface area contributed by atoms with Crippen LogP contribution >= 0.6 is 11.8 Å². The number of hydrogen-bond acceptors (Lipinski definition) is 3. The van der Waals surface area contributed by atoms with Crippen molar-refractivity contribution in [1.82, 2.24) is 0 Å². The molecule has 0 fully saturated rings. The fourth-order valence-electron chi connectivity index (χ4n) is 1.57. The molecule has 0 bridgehead atoms. The molecule has 1 aromatic rings. The van der Waals surface area contributed by atoms with Gasteiger partial charge in [-0.1, -0.05) is 32.1 Å². The Bertz CT molecular complexity index is 448. The van der Waals surface area contributed by atoms with E-state index in [9.17, 15) is 0 Å². The Labute approximate surface area is 121 Å². The maximum Gasteiger partial charge on any atom is 0.119 e. The highest BCUT2D eigenvalue weighted by Gasteiger charge is 2.05. The van der Waals surface area contributed by atoms with Crippen LogP contribution in [0.25, 0.3) is 0 Å². The number of methoxy groups -OCH3 is 1. The van der Waals surface area contributed by atoms with Crippen LogP contribution in [0.3, 0.4) is 0 Å². The lowest BCUT2D eigenvalue weighted by molar-refractivity contribution is 0.414. The van der Waals surface area contributed by atoms with E-state index in [-0.39, 0.29) is 0 Å². The summed E-state index contributed by atoms with van der Waals surface area (Å²) in [5, 5.41) is 0. The zero-order valence-electron chi connectivity index (χ0n) is 12.0. The van der Waals surface area contributed by atoms with E-state index in [0.29, 0.717) is 6.54 Å². The fourth-order valence-corrected chi connectivity index (χ4v) is 2.79. The zero-order valence-corrected chi connectivity index (χ0v) is 12.8. The van der Waals surface area contributed by atoms with Crippen LogP contribution in [-0.2, 0) is 5.75 Å². The summed E-state index contributed by atoms with van der Waals surface area (Å²) in [6.07, 6.45) is 1.23. The van der Waals surface area contributed by atoms with E-state index < -0.39 is 0 Å². The van der Waals surface area contributed by atoms with Crippen molar-refractivity contribution < 1.29 is 4.74 Å². The molecule has 0 amide bonds. The highest BCUT2D eigenvalue weighted by Crippen LogP contribution is 2.23. The summed E-state index contributed by atoms with van der Waals surface area (Å²) in [4.78, 5) is 0. The Kier molecular flexibility index (Phi) is 7.47. The summed E-state index contributed by atoms with van der Waals surface area (Å²) >= 11 is 1.95. The van der Waals surface area contributed by atoms with Crippen LogP contribution in [-0.4, -0.2) is 19.4 Å². The second-order valence-electron chi connectivity index (χ2n) is 4.56. The van der Waals surface area contributed by atoms with Gasteiger partial charge in [0.05, 0.1) is 13.7 Å². The van der Waals surface area contributed by atoms with E-state index in [4.69, 9.17) is 10.5 Å². The number of benzene rings is 1. The monoisotopic (exact) mass is 277 g/mol. The summed E-state index contributed by atoms with van der Waals surface area (Å²) in [7, 11) is 1.69. The lowest BCUT2D eigenvalue weighted by Crippen LogP contribution is -1.98. The summed E-state index contributed by atoms with van der Waals surface area (Å²) in [6.45, 7) is 4.91. The van der Waals surface area contributed by atoms with Gasteiger partial charge in [-0.15, -0.1) is 0 Å². The number of nitrogens with two attached hydrogens (primary N) is 1. The van der Waals surface area contributed by atoms with Crippen LogP contribution in [0.4, 0.5) is 0 Å². The number of thioether (sulfide) groups is 1. The van der Waals surface area contributed by atoms with Crippen LogP contribution in [0, 0.1) is 17.8 Å². The predicted octanol–water partition coefficient (Wildman–Crippen LogP) is 3.28. The molecule has 0 spiro atoms. The SMILES string of the molecule is CCC(C)CSCc1cc(OC)ccc1C#CCN. The van der Waals surface area contributed by atoms with Crippen molar-refractivity contribution in [3.8, 4) is 17.6 Å². The van der Waals surface area contributed by atoms with Crippen molar-refractivity contribution in [2.24, 2.45) is 11.7 Å². The van der Waals surface area contributed by atoms with Crippen LogP contribution in [0.2, 0.25) is 0 Å². The second-order valence-corrected chi connectivity index (χ2v) is 5.59. The molecular formula is C16H23NOS. The first-order valence-electron chi connectivity index (χ1n) is 6.64. The molecule has 1 atom stereocenters. The summed E-state index contributed by atoms with van der Waals surface area (Å²) in [5.74, 6) is 9.84. The zero-order chi connectivity index (χ0) is 14.1. The number of hydrogen-bond donors (Lipinski definition) is 1. The van der Waals surface area contributed by atoms with Gasteiger partial charge in [0.2, 0.25) is 0 Å². The van der Waals surface area contributed by atoms with Crippen molar-refractivity contribution >= 4 is 11.8 Å². The van der Waals surface area contributed by atoms with Crippen LogP contribution in [0.5, 0.6) is 5.75 Å². The van der Waals surface area contributed by atoms with E-state index in [1.807, 2.05) is 23.9 Å². The lowest BCUT2D eigenvalue weighted by Gasteiger charge is -2.10. The number of rotatable bonds is 6. The molecule has 19 heavy (non-hydrogen) atoms. The molecule has 3 heteroatoms. The maximum absolute atomic E-state index is 5.44. The van der Waals surface area contributed by atoms with Crippen LogP contribution in [0.15, 0.2) is 18.2 Å². The Morgan fingerprint density at radius 2 is 2.21 bits per heavy atom. The van der Waals surface area contributed by atoms with Gasteiger partial charge in [0.25, 0.3) is 0 Å². The molecule has 0 heterocycles. The minimum Gasteiger partial charge on any atom is -0.497 e. The van der Waals surface area contributed by atoms with Gasteiger partial charge in [-0.2, -0.15) is 11.8 Å². The molecule has 0 aromatic heterocycles. The Morgan fingerprint density at radius 1 is 1.42 bits per heavy atom. The van der Waals surface area contributed by atoms with E-state index >= 15 is 0 Å². The van der Waals surface area contributed by atoms with E-state index in [0.717, 1.165) is 23.0 Å². The van der Waals surface area contributed by atoms with Gasteiger partial charge in [-0.05, 0) is 35.4 Å². The smallest absolute Gasteiger partial charge is 0.119 e. The first-order valence-corrected chi connectivity index (χ1v) is 7.80. The van der Waals surface area contributed by atoms with E-state index in [1.54, 1.807) is 7.11 Å². The molecule has 1 rings (SSSR count). The summed E-state index contributed by atoms with van der Waals surface area (Å²) < 4.78 is 5.28. The average Bonchev–Trinajstić information content (AvgIpc) is 2.45. The predicted molar refractivity (Wildman–Crippen MR) is 84.5 cm³/mol. The molecule has 2 N–H and O–H groups in total. The van der Waals surface area contributed by atoms with Crippen molar-refractivity contribution in [3.05, 3.63) is 29.3 Å². The lowest BCUT2D eigenvalue weighted by atomic mass is 10.1. The van der Waals surface area contributed by atoms with Gasteiger partial charge in [0.1, 0.15) is 5.75 Å². The minimum atomic E-state index is 0.394. The summed E-state index contributed by atoms with van der Waals surface area (Å²) in [5.41, 5.74) is 7.73. The Balaban J connectivity index is 2.76. The molecule has 0 aliphatic heterocycles. The second kappa shape index (κ2) is 8.90. The van der Waals surface area contributed by atoms with Crippen molar-refractivity contribution in [2.75, 3.05) is 19.4 Å². The highest BCUT2D eigenvalue weighted by atomic mass is 32.2. The molecule has 0 saturated heterocycles. The third-order valence-electron chi connectivity index (χ3n) is 2.99. The minimum absolute atomic E-state index is 0.394. The first kappa shape index (κ1) is 15.9. The molecular weight excluding hydrogens is 254 g/mol. The molecule has 0 radical (unpaired) electrons. The van der Waals surface area contributed by atoms with Crippen LogP contribution in [0.1, 0.15) is 31.4 Å². The third-order valence-corrected chi connectivity index (χ3v) is 4.31. The van der Waals surface area contributed by atoms with Gasteiger partial charge in [-0.25, -0.2) is 0 Å². The first-order chi connectivity index (χ1) is 9.21. The topological polar surface area (TPSA) is 35.2 Å².